The molecule has 2 bridgehead atoms. The Morgan fingerprint density at radius 3 is 2.85 bits per heavy atom. The van der Waals surface area contributed by atoms with E-state index in [1.807, 2.05) is 7.05 Å². The number of rotatable bonds is 5. The van der Waals surface area contributed by atoms with Gasteiger partial charge in [0.25, 0.3) is 0 Å². The minimum absolute atomic E-state index is 0.0644. The first-order valence-corrected chi connectivity index (χ1v) is 8.21. The SMILES string of the molecule is CNC1(C(=O)OC)CCCC1CCN1CC2CCC1C2. The molecule has 1 heterocycles. The molecule has 0 aromatic rings. The van der Waals surface area contributed by atoms with Crippen molar-refractivity contribution < 1.29 is 9.53 Å². The zero-order chi connectivity index (χ0) is 14.2. The minimum Gasteiger partial charge on any atom is -0.468 e. The number of methoxy groups -OCH3 is 1. The second-order valence-corrected chi connectivity index (χ2v) is 6.92. The molecule has 1 N–H and O–H groups in total. The smallest absolute Gasteiger partial charge is 0.326 e. The molecule has 4 heteroatoms. The molecule has 1 aliphatic heterocycles. The van der Waals surface area contributed by atoms with Crippen LogP contribution in [0, 0.1) is 11.8 Å². The van der Waals surface area contributed by atoms with Gasteiger partial charge in [-0.3, -0.25) is 4.79 Å². The maximum atomic E-state index is 12.2. The Morgan fingerprint density at radius 1 is 1.40 bits per heavy atom. The van der Waals surface area contributed by atoms with Crippen molar-refractivity contribution in [2.45, 2.75) is 56.5 Å². The molecule has 0 spiro atoms. The van der Waals surface area contributed by atoms with Gasteiger partial charge in [-0.15, -0.1) is 0 Å². The molecular weight excluding hydrogens is 252 g/mol. The fourth-order valence-corrected chi connectivity index (χ4v) is 4.97. The third kappa shape index (κ3) is 2.27. The molecule has 0 radical (unpaired) electrons. The van der Waals surface area contributed by atoms with Crippen LogP contribution in [0.25, 0.3) is 0 Å². The van der Waals surface area contributed by atoms with Crippen LogP contribution in [-0.2, 0) is 9.53 Å². The van der Waals surface area contributed by atoms with Gasteiger partial charge in [0.1, 0.15) is 5.54 Å². The van der Waals surface area contributed by atoms with E-state index in [4.69, 9.17) is 4.74 Å². The number of piperidine rings is 1. The molecule has 0 aromatic heterocycles. The molecule has 1 saturated heterocycles. The molecule has 4 unspecified atom stereocenters. The Kier molecular flexibility index (Phi) is 4.04. The van der Waals surface area contributed by atoms with Crippen LogP contribution in [0.1, 0.15) is 44.9 Å². The topological polar surface area (TPSA) is 41.6 Å². The van der Waals surface area contributed by atoms with Gasteiger partial charge < -0.3 is 15.0 Å². The van der Waals surface area contributed by atoms with E-state index in [1.165, 1.54) is 32.9 Å². The zero-order valence-electron chi connectivity index (χ0n) is 12.9. The Hall–Kier alpha value is -0.610. The molecule has 0 aromatic carbocycles. The quantitative estimate of drug-likeness (QED) is 0.780. The maximum absolute atomic E-state index is 12.2. The van der Waals surface area contributed by atoms with Crippen LogP contribution < -0.4 is 5.32 Å². The highest BCUT2D eigenvalue weighted by atomic mass is 16.5. The summed E-state index contributed by atoms with van der Waals surface area (Å²) in [6, 6.07) is 0.837. The highest BCUT2D eigenvalue weighted by molar-refractivity contribution is 5.81. The van der Waals surface area contributed by atoms with Crippen LogP contribution in [-0.4, -0.2) is 49.7 Å². The summed E-state index contributed by atoms with van der Waals surface area (Å²) >= 11 is 0. The van der Waals surface area contributed by atoms with Gasteiger partial charge >= 0.3 is 5.97 Å². The zero-order valence-corrected chi connectivity index (χ0v) is 12.9. The van der Waals surface area contributed by atoms with Gasteiger partial charge in [0.05, 0.1) is 7.11 Å². The Morgan fingerprint density at radius 2 is 2.25 bits per heavy atom. The van der Waals surface area contributed by atoms with Crippen molar-refractivity contribution in [3.63, 3.8) is 0 Å². The summed E-state index contributed by atoms with van der Waals surface area (Å²) < 4.78 is 5.06. The van der Waals surface area contributed by atoms with Crippen molar-refractivity contribution in [2.24, 2.45) is 11.8 Å². The molecule has 4 nitrogen and oxygen atoms in total. The van der Waals surface area contributed by atoms with E-state index < -0.39 is 5.54 Å². The Bertz CT molecular complexity index is 373. The van der Waals surface area contributed by atoms with Gasteiger partial charge in [-0.1, -0.05) is 6.42 Å². The summed E-state index contributed by atoms with van der Waals surface area (Å²) in [5, 5.41) is 3.29. The van der Waals surface area contributed by atoms with Crippen LogP contribution in [0.4, 0.5) is 0 Å². The second-order valence-electron chi connectivity index (χ2n) is 6.92. The monoisotopic (exact) mass is 280 g/mol. The summed E-state index contributed by atoms with van der Waals surface area (Å²) in [4.78, 5) is 14.9. The number of nitrogens with zero attached hydrogens (tertiary/aromatic N) is 1. The average molecular weight is 280 g/mol. The van der Waals surface area contributed by atoms with Gasteiger partial charge in [0.15, 0.2) is 0 Å². The molecule has 2 saturated carbocycles. The van der Waals surface area contributed by atoms with E-state index in [2.05, 4.69) is 10.2 Å². The number of ether oxygens (including phenoxy) is 1. The predicted octanol–water partition coefficient (Wildman–Crippen LogP) is 1.79. The summed E-state index contributed by atoms with van der Waals surface area (Å²) in [7, 11) is 3.42. The van der Waals surface area contributed by atoms with E-state index in [1.54, 1.807) is 0 Å². The lowest BCUT2D eigenvalue weighted by molar-refractivity contribution is -0.150. The summed E-state index contributed by atoms with van der Waals surface area (Å²) in [5.41, 5.74) is -0.423. The van der Waals surface area contributed by atoms with Gasteiger partial charge in [0.2, 0.25) is 0 Å². The van der Waals surface area contributed by atoms with Gasteiger partial charge in [0, 0.05) is 12.6 Å². The normalized spacial score (nSPS) is 40.4. The summed E-state index contributed by atoms with van der Waals surface area (Å²) in [5.74, 6) is 1.32. The number of hydrogen-bond donors (Lipinski definition) is 1. The fraction of sp³-hybridized carbons (Fsp3) is 0.938. The molecule has 0 amide bonds. The van der Waals surface area contributed by atoms with Crippen molar-refractivity contribution >= 4 is 5.97 Å². The van der Waals surface area contributed by atoms with Crippen LogP contribution in [0.5, 0.6) is 0 Å². The molecule has 3 fully saturated rings. The third-order valence-corrected chi connectivity index (χ3v) is 6.10. The molecule has 3 aliphatic rings. The number of likely N-dealkylation sites (N-methyl/N-ethyl adjacent to an activating group) is 1. The van der Waals surface area contributed by atoms with Crippen molar-refractivity contribution in [3.05, 3.63) is 0 Å². The van der Waals surface area contributed by atoms with Crippen molar-refractivity contribution in [3.8, 4) is 0 Å². The van der Waals surface area contributed by atoms with Crippen molar-refractivity contribution in [1.29, 1.82) is 0 Å². The van der Waals surface area contributed by atoms with Crippen LogP contribution in [0.3, 0.4) is 0 Å². The lowest BCUT2D eigenvalue weighted by Crippen LogP contribution is -2.54. The number of esters is 1. The van der Waals surface area contributed by atoms with E-state index in [0.29, 0.717) is 5.92 Å². The first-order chi connectivity index (χ1) is 9.69. The van der Waals surface area contributed by atoms with E-state index >= 15 is 0 Å². The van der Waals surface area contributed by atoms with Crippen LogP contribution in [0.2, 0.25) is 0 Å². The Balaban J connectivity index is 1.59. The number of carbonyl (C=O) groups excluding carboxylic acids is 1. The largest absolute Gasteiger partial charge is 0.468 e. The van der Waals surface area contributed by atoms with Gasteiger partial charge in [-0.25, -0.2) is 0 Å². The summed E-state index contributed by atoms with van der Waals surface area (Å²) in [6.45, 7) is 2.45. The number of fused-ring (bicyclic) bond motifs is 2. The number of likely N-dealkylation sites (tertiary alicyclic amines) is 1. The molecule has 2 aliphatic carbocycles. The molecule has 3 rings (SSSR count). The molecule has 4 atom stereocenters. The second kappa shape index (κ2) is 5.64. The first kappa shape index (κ1) is 14.3. The number of carbonyl (C=O) groups is 1. The van der Waals surface area contributed by atoms with Crippen LogP contribution in [0.15, 0.2) is 0 Å². The molecule has 20 heavy (non-hydrogen) atoms. The van der Waals surface area contributed by atoms with Crippen LogP contribution >= 0.6 is 0 Å². The number of hydrogen-bond acceptors (Lipinski definition) is 4. The molecule has 114 valence electrons. The van der Waals surface area contributed by atoms with E-state index in [0.717, 1.165) is 44.2 Å². The van der Waals surface area contributed by atoms with Crippen molar-refractivity contribution in [2.75, 3.05) is 27.2 Å². The van der Waals surface area contributed by atoms with E-state index in [-0.39, 0.29) is 5.97 Å². The van der Waals surface area contributed by atoms with Gasteiger partial charge in [-0.05, 0) is 64.0 Å². The maximum Gasteiger partial charge on any atom is 0.326 e. The average Bonchev–Trinajstić information content (AvgIpc) is 3.18. The third-order valence-electron chi connectivity index (χ3n) is 6.10. The van der Waals surface area contributed by atoms with Gasteiger partial charge in [-0.2, -0.15) is 0 Å². The molecular formula is C16H28N2O2. The fourth-order valence-electron chi connectivity index (χ4n) is 4.97. The Labute approximate surface area is 122 Å². The van der Waals surface area contributed by atoms with Crippen molar-refractivity contribution in [1.82, 2.24) is 10.2 Å². The highest BCUT2D eigenvalue weighted by Crippen LogP contribution is 2.41. The lowest BCUT2D eigenvalue weighted by Gasteiger charge is -2.34. The number of nitrogens with one attached hydrogen (secondary N) is 1. The standard InChI is InChI=1S/C16H28N2O2/c1-17-16(15(19)20-2)8-3-4-13(16)7-9-18-11-12-5-6-14(18)10-12/h12-14,17H,3-11H2,1-2H3. The van der Waals surface area contributed by atoms with E-state index in [9.17, 15) is 4.79 Å². The lowest BCUT2D eigenvalue weighted by atomic mass is 9.84. The minimum atomic E-state index is -0.423. The highest BCUT2D eigenvalue weighted by Gasteiger charge is 2.49. The predicted molar refractivity (Wildman–Crippen MR) is 78.5 cm³/mol. The summed E-state index contributed by atoms with van der Waals surface area (Å²) in [6.07, 6.45) is 8.58. The first-order valence-electron chi connectivity index (χ1n) is 8.21.